The fourth-order valence-corrected chi connectivity index (χ4v) is 5.38. The molecule has 0 N–H and O–H groups in total. The Labute approximate surface area is 187 Å². The number of ether oxygens (including phenoxy) is 1. The Morgan fingerprint density at radius 1 is 0.875 bits per heavy atom. The molecule has 5 heteroatoms. The molecule has 2 aliphatic heterocycles. The lowest BCUT2D eigenvalue weighted by molar-refractivity contribution is 0.00476. The molecule has 3 aromatic rings. The summed E-state index contributed by atoms with van der Waals surface area (Å²) in [5.41, 5.74) is 1.53. The molecule has 0 aromatic heterocycles. The molecule has 164 valence electrons. The van der Waals surface area contributed by atoms with Crippen molar-refractivity contribution in [2.75, 3.05) is 0 Å². The van der Waals surface area contributed by atoms with E-state index >= 15 is 0 Å². The summed E-state index contributed by atoms with van der Waals surface area (Å²) in [7, 11) is 0. The highest BCUT2D eigenvalue weighted by atomic mass is 19.1. The van der Waals surface area contributed by atoms with Gasteiger partial charge in [-0.05, 0) is 55.2 Å². The number of amides is 1. The first-order valence-corrected chi connectivity index (χ1v) is 11.3. The summed E-state index contributed by atoms with van der Waals surface area (Å²) in [6, 6.07) is 19.8. The number of carbonyl (C=O) groups excluding carboxylic acids is 2. The molecule has 2 saturated heterocycles. The van der Waals surface area contributed by atoms with Gasteiger partial charge in [-0.1, -0.05) is 54.6 Å². The van der Waals surface area contributed by atoms with Crippen LogP contribution in [0.3, 0.4) is 0 Å². The highest BCUT2D eigenvalue weighted by molar-refractivity contribution is 6.09. The van der Waals surface area contributed by atoms with Crippen LogP contribution in [0.4, 0.5) is 9.18 Å². The van der Waals surface area contributed by atoms with Crippen LogP contribution < -0.4 is 0 Å². The fraction of sp³-hybridized carbons (Fsp3) is 0.333. The van der Waals surface area contributed by atoms with E-state index in [-0.39, 0.29) is 42.3 Å². The van der Waals surface area contributed by atoms with Crippen molar-refractivity contribution in [1.82, 2.24) is 4.90 Å². The largest absolute Gasteiger partial charge is 0.445 e. The van der Waals surface area contributed by atoms with Crippen molar-refractivity contribution in [2.24, 2.45) is 5.92 Å². The van der Waals surface area contributed by atoms with Gasteiger partial charge in [0.25, 0.3) is 0 Å². The summed E-state index contributed by atoms with van der Waals surface area (Å²) in [5, 5.41) is 1.13. The van der Waals surface area contributed by atoms with Crippen LogP contribution in [-0.4, -0.2) is 28.9 Å². The maximum absolute atomic E-state index is 14.2. The van der Waals surface area contributed by atoms with Crippen LogP contribution in [0, 0.1) is 11.7 Å². The molecule has 2 fully saturated rings. The molecule has 2 atom stereocenters. The molecule has 0 spiro atoms. The number of hydrogen-bond acceptors (Lipinski definition) is 3. The highest BCUT2D eigenvalue weighted by Crippen LogP contribution is 2.39. The van der Waals surface area contributed by atoms with Crippen LogP contribution in [0.2, 0.25) is 0 Å². The van der Waals surface area contributed by atoms with E-state index in [9.17, 15) is 14.0 Å². The zero-order valence-corrected chi connectivity index (χ0v) is 17.9. The van der Waals surface area contributed by atoms with Gasteiger partial charge < -0.3 is 9.64 Å². The topological polar surface area (TPSA) is 46.6 Å². The van der Waals surface area contributed by atoms with Gasteiger partial charge in [0.2, 0.25) is 0 Å². The third-order valence-corrected chi connectivity index (χ3v) is 6.90. The Balaban J connectivity index is 1.33. The van der Waals surface area contributed by atoms with Crippen molar-refractivity contribution < 1.29 is 18.7 Å². The number of halogens is 1. The smallest absolute Gasteiger partial charge is 0.410 e. The number of ketones is 1. The summed E-state index contributed by atoms with van der Waals surface area (Å²) in [4.78, 5) is 28.3. The maximum Gasteiger partial charge on any atom is 0.410 e. The number of hydrogen-bond donors (Lipinski definition) is 0. The van der Waals surface area contributed by atoms with Gasteiger partial charge in [-0.2, -0.15) is 0 Å². The van der Waals surface area contributed by atoms with Gasteiger partial charge >= 0.3 is 6.09 Å². The number of nitrogens with zero attached hydrogens (tertiary/aromatic N) is 1. The van der Waals surface area contributed by atoms with E-state index in [2.05, 4.69) is 0 Å². The fourth-order valence-electron chi connectivity index (χ4n) is 5.38. The monoisotopic (exact) mass is 431 g/mol. The Morgan fingerprint density at radius 3 is 2.25 bits per heavy atom. The first kappa shape index (κ1) is 20.7. The molecule has 2 bridgehead atoms. The summed E-state index contributed by atoms with van der Waals surface area (Å²) >= 11 is 0. The van der Waals surface area contributed by atoms with Gasteiger partial charge in [0.05, 0.1) is 0 Å². The molecule has 0 radical (unpaired) electrons. The lowest BCUT2D eigenvalue weighted by Crippen LogP contribution is -2.55. The minimum atomic E-state index is -0.315. The highest BCUT2D eigenvalue weighted by Gasteiger charge is 2.44. The van der Waals surface area contributed by atoms with Crippen LogP contribution in [-0.2, 0) is 11.3 Å². The van der Waals surface area contributed by atoms with E-state index in [1.54, 1.807) is 18.2 Å². The number of piperidine rings is 2. The van der Waals surface area contributed by atoms with Gasteiger partial charge in [-0.3, -0.25) is 4.79 Å². The van der Waals surface area contributed by atoms with E-state index in [0.29, 0.717) is 29.2 Å². The predicted molar refractivity (Wildman–Crippen MR) is 121 cm³/mol. The molecular formula is C27H26FNO3. The third-order valence-electron chi connectivity index (χ3n) is 6.90. The van der Waals surface area contributed by atoms with Crippen molar-refractivity contribution >= 4 is 22.6 Å². The Bertz CT molecular complexity index is 1130. The number of carbonyl (C=O) groups is 2. The van der Waals surface area contributed by atoms with E-state index in [4.69, 9.17) is 4.74 Å². The number of benzene rings is 3. The molecule has 0 aliphatic carbocycles. The Morgan fingerprint density at radius 2 is 1.53 bits per heavy atom. The SMILES string of the molecule is O=C(c1ccc(F)c2ccccc12)C1CC2CCCC(C1)N2C(=O)OCc1ccccc1. The lowest BCUT2D eigenvalue weighted by atomic mass is 9.75. The van der Waals surface area contributed by atoms with Crippen LogP contribution in [0.15, 0.2) is 66.7 Å². The van der Waals surface area contributed by atoms with Gasteiger partial charge in [0.1, 0.15) is 12.4 Å². The molecule has 5 rings (SSSR count). The summed E-state index contributed by atoms with van der Waals surface area (Å²) < 4.78 is 19.8. The van der Waals surface area contributed by atoms with Gasteiger partial charge in [-0.15, -0.1) is 0 Å². The molecule has 3 aromatic carbocycles. The molecule has 2 heterocycles. The second kappa shape index (κ2) is 8.73. The summed E-state index contributed by atoms with van der Waals surface area (Å²) in [5.74, 6) is -0.433. The van der Waals surface area contributed by atoms with Crippen molar-refractivity contribution in [2.45, 2.75) is 50.8 Å². The second-order valence-corrected chi connectivity index (χ2v) is 8.86. The maximum atomic E-state index is 14.2. The zero-order chi connectivity index (χ0) is 22.1. The molecular weight excluding hydrogens is 405 g/mol. The molecule has 1 amide bonds. The van der Waals surface area contributed by atoms with Gasteiger partial charge in [-0.25, -0.2) is 9.18 Å². The van der Waals surface area contributed by atoms with Crippen molar-refractivity contribution in [3.05, 3.63) is 83.7 Å². The number of rotatable bonds is 4. The summed E-state index contributed by atoms with van der Waals surface area (Å²) in [6.45, 7) is 0.250. The number of fused-ring (bicyclic) bond motifs is 3. The van der Waals surface area contributed by atoms with E-state index < -0.39 is 0 Å². The molecule has 2 aliphatic rings. The Kier molecular flexibility index (Phi) is 5.64. The zero-order valence-electron chi connectivity index (χ0n) is 17.9. The van der Waals surface area contributed by atoms with Crippen LogP contribution >= 0.6 is 0 Å². The lowest BCUT2D eigenvalue weighted by Gasteiger charge is -2.47. The minimum absolute atomic E-state index is 0.00596. The minimum Gasteiger partial charge on any atom is -0.445 e. The average molecular weight is 432 g/mol. The standard InChI is InChI=1S/C27H26FNO3/c28-25-14-13-24(22-11-4-5-12-23(22)25)26(30)19-15-20-9-6-10-21(16-19)29(20)27(31)32-17-18-7-2-1-3-8-18/h1-5,7-8,11-14,19-21H,6,9-10,15-17H2. The van der Waals surface area contributed by atoms with E-state index in [0.717, 1.165) is 24.8 Å². The van der Waals surface area contributed by atoms with Crippen LogP contribution in [0.5, 0.6) is 0 Å². The third kappa shape index (κ3) is 3.88. The normalized spacial score (nSPS) is 22.5. The van der Waals surface area contributed by atoms with Crippen molar-refractivity contribution in [3.8, 4) is 0 Å². The summed E-state index contributed by atoms with van der Waals surface area (Å²) in [6.07, 6.45) is 3.78. The van der Waals surface area contributed by atoms with Crippen LogP contribution in [0.25, 0.3) is 10.8 Å². The first-order chi connectivity index (χ1) is 15.6. The predicted octanol–water partition coefficient (Wildman–Crippen LogP) is 6.13. The second-order valence-electron chi connectivity index (χ2n) is 8.86. The van der Waals surface area contributed by atoms with Crippen molar-refractivity contribution in [3.63, 3.8) is 0 Å². The molecule has 2 unspecified atom stereocenters. The van der Waals surface area contributed by atoms with E-state index in [1.165, 1.54) is 6.07 Å². The number of Topliss-reactive ketones (excluding diaryl/α,β-unsaturated/α-hetero) is 1. The molecule has 0 saturated carbocycles. The molecule has 4 nitrogen and oxygen atoms in total. The quantitative estimate of drug-likeness (QED) is 0.467. The first-order valence-electron chi connectivity index (χ1n) is 11.3. The Hall–Kier alpha value is -3.21. The van der Waals surface area contributed by atoms with E-state index in [1.807, 2.05) is 47.4 Å². The van der Waals surface area contributed by atoms with Crippen molar-refractivity contribution in [1.29, 1.82) is 0 Å². The molecule has 32 heavy (non-hydrogen) atoms. The average Bonchev–Trinajstić information content (AvgIpc) is 2.82. The van der Waals surface area contributed by atoms with Gasteiger partial charge in [0.15, 0.2) is 5.78 Å². The van der Waals surface area contributed by atoms with Gasteiger partial charge in [0, 0.05) is 29.0 Å². The van der Waals surface area contributed by atoms with Crippen LogP contribution in [0.1, 0.15) is 48.0 Å².